The van der Waals surface area contributed by atoms with Gasteiger partial charge in [0.25, 0.3) is 0 Å². The highest BCUT2D eigenvalue weighted by atomic mass is 16.8. The molecule has 0 saturated carbocycles. The van der Waals surface area contributed by atoms with Crippen molar-refractivity contribution in [1.29, 1.82) is 0 Å². The Balaban J connectivity index is 1.57. The third kappa shape index (κ3) is 20.9. The summed E-state index contributed by atoms with van der Waals surface area (Å²) in [5, 5.41) is 0. The highest BCUT2D eigenvalue weighted by Gasteiger charge is 2.47. The third-order valence-electron chi connectivity index (χ3n) is 10.0. The largest absolute Gasteiger partial charge is 0.344 e. The monoisotopic (exact) mass is 640 g/mol. The zero-order valence-electron chi connectivity index (χ0n) is 31.0. The summed E-state index contributed by atoms with van der Waals surface area (Å²) >= 11 is 0. The lowest BCUT2D eigenvalue weighted by atomic mass is 9.98. The van der Waals surface area contributed by atoms with E-state index in [-0.39, 0.29) is 5.79 Å². The molecule has 0 amide bonds. The van der Waals surface area contributed by atoms with Crippen LogP contribution in [0.2, 0.25) is 0 Å². The average molecular weight is 640 g/mol. The van der Waals surface area contributed by atoms with Gasteiger partial charge in [0, 0.05) is 25.9 Å². The number of nitrogens with zero attached hydrogens (tertiary/aromatic N) is 1. The number of allylic oxidation sites excluding steroid dienone is 8. The van der Waals surface area contributed by atoms with E-state index in [1.165, 1.54) is 135 Å². The van der Waals surface area contributed by atoms with Gasteiger partial charge < -0.3 is 14.4 Å². The second-order valence-electron chi connectivity index (χ2n) is 14.4. The highest BCUT2D eigenvalue weighted by Crippen LogP contribution is 2.40. The molecule has 3 nitrogen and oxygen atoms in total. The van der Waals surface area contributed by atoms with Crippen molar-refractivity contribution in [3.05, 3.63) is 48.6 Å². The normalized spacial score (nSPS) is 22.7. The third-order valence-corrected chi connectivity index (χ3v) is 10.0. The first-order valence-corrected chi connectivity index (χ1v) is 20.3. The maximum Gasteiger partial charge on any atom is 0.169 e. The van der Waals surface area contributed by atoms with Gasteiger partial charge in [-0.1, -0.05) is 140 Å². The second-order valence-corrected chi connectivity index (χ2v) is 14.4. The van der Waals surface area contributed by atoms with E-state index in [0.717, 1.165) is 51.6 Å². The number of likely N-dealkylation sites (tertiary alicyclic amines) is 1. The zero-order chi connectivity index (χ0) is 32.8. The fourth-order valence-corrected chi connectivity index (χ4v) is 6.96. The predicted octanol–water partition coefficient (Wildman–Crippen LogP) is 13.2. The van der Waals surface area contributed by atoms with Crippen LogP contribution in [0.3, 0.4) is 0 Å². The topological polar surface area (TPSA) is 21.7 Å². The summed E-state index contributed by atoms with van der Waals surface area (Å²) in [6, 6.07) is 0. The molecule has 0 bridgehead atoms. The van der Waals surface area contributed by atoms with Gasteiger partial charge in [0.2, 0.25) is 0 Å². The zero-order valence-corrected chi connectivity index (χ0v) is 31.0. The Labute approximate surface area is 287 Å². The molecule has 0 aromatic rings. The lowest BCUT2D eigenvalue weighted by Crippen LogP contribution is -2.32. The predicted molar refractivity (Wildman–Crippen MR) is 203 cm³/mol. The van der Waals surface area contributed by atoms with Gasteiger partial charge in [0.15, 0.2) is 5.79 Å². The van der Waals surface area contributed by atoms with Crippen LogP contribution in [-0.2, 0) is 9.47 Å². The molecule has 0 radical (unpaired) electrons. The first-order valence-electron chi connectivity index (χ1n) is 20.3. The van der Waals surface area contributed by atoms with Gasteiger partial charge in [0.1, 0.15) is 0 Å². The van der Waals surface area contributed by atoms with Crippen molar-refractivity contribution in [2.24, 2.45) is 0 Å². The molecule has 2 saturated heterocycles. The van der Waals surface area contributed by atoms with Gasteiger partial charge in [-0.2, -0.15) is 0 Å². The van der Waals surface area contributed by atoms with E-state index in [9.17, 15) is 0 Å². The van der Waals surface area contributed by atoms with Crippen LogP contribution in [-0.4, -0.2) is 43.0 Å². The van der Waals surface area contributed by atoms with Crippen molar-refractivity contribution in [2.45, 2.75) is 205 Å². The van der Waals surface area contributed by atoms with E-state index >= 15 is 0 Å². The molecule has 1 unspecified atom stereocenters. The minimum atomic E-state index is -0.309. The molecule has 0 spiro atoms. The smallest absolute Gasteiger partial charge is 0.169 e. The van der Waals surface area contributed by atoms with E-state index in [1.54, 1.807) is 0 Å². The Morgan fingerprint density at radius 1 is 0.478 bits per heavy atom. The maximum absolute atomic E-state index is 6.85. The number of unbranched alkanes of at least 4 members (excludes halogenated alkanes) is 17. The molecule has 2 aliphatic heterocycles. The fraction of sp³-hybridized carbons (Fsp3) is 0.814. The molecule has 3 atom stereocenters. The lowest BCUT2D eigenvalue weighted by molar-refractivity contribution is -0.188. The molecule has 2 aliphatic rings. The van der Waals surface area contributed by atoms with Crippen LogP contribution in [0, 0.1) is 0 Å². The minimum absolute atomic E-state index is 0.300. The van der Waals surface area contributed by atoms with Gasteiger partial charge in [0.05, 0.1) is 12.2 Å². The van der Waals surface area contributed by atoms with Crippen LogP contribution in [0.4, 0.5) is 0 Å². The quantitative estimate of drug-likeness (QED) is 0.0600. The van der Waals surface area contributed by atoms with Crippen molar-refractivity contribution in [2.75, 3.05) is 20.1 Å². The summed E-state index contributed by atoms with van der Waals surface area (Å²) in [4.78, 5) is 2.44. The first kappa shape index (κ1) is 41.0. The molecule has 266 valence electrons. The molecule has 0 aromatic heterocycles. The van der Waals surface area contributed by atoms with Crippen molar-refractivity contribution < 1.29 is 9.47 Å². The lowest BCUT2D eigenvalue weighted by Gasteiger charge is -2.29. The second kappa shape index (κ2) is 28.8. The summed E-state index contributed by atoms with van der Waals surface area (Å²) < 4.78 is 13.7. The van der Waals surface area contributed by atoms with Crippen LogP contribution in [0.15, 0.2) is 48.6 Å². The number of hydrogen-bond acceptors (Lipinski definition) is 3. The van der Waals surface area contributed by atoms with E-state index in [1.807, 2.05) is 0 Å². The van der Waals surface area contributed by atoms with Crippen LogP contribution in [0.5, 0.6) is 0 Å². The van der Waals surface area contributed by atoms with Crippen LogP contribution in [0.1, 0.15) is 187 Å². The van der Waals surface area contributed by atoms with Crippen molar-refractivity contribution in [1.82, 2.24) is 4.90 Å². The molecule has 2 heterocycles. The van der Waals surface area contributed by atoms with Crippen LogP contribution < -0.4 is 0 Å². The summed E-state index contributed by atoms with van der Waals surface area (Å²) in [5.74, 6) is -0.309. The Morgan fingerprint density at radius 3 is 1.28 bits per heavy atom. The average Bonchev–Trinajstić information content (AvgIpc) is 3.32. The van der Waals surface area contributed by atoms with E-state index in [2.05, 4.69) is 74.4 Å². The number of hydrogen-bond donors (Lipinski definition) is 0. The molecule has 0 aliphatic carbocycles. The highest BCUT2D eigenvalue weighted by molar-refractivity contribution is 4.94. The Morgan fingerprint density at radius 2 is 0.848 bits per heavy atom. The number of fused-ring (bicyclic) bond motifs is 1. The van der Waals surface area contributed by atoms with Crippen LogP contribution in [0.25, 0.3) is 0 Å². The molecule has 2 rings (SSSR count). The Kier molecular flexibility index (Phi) is 25.7. The van der Waals surface area contributed by atoms with Crippen molar-refractivity contribution >= 4 is 0 Å². The van der Waals surface area contributed by atoms with Crippen molar-refractivity contribution in [3.8, 4) is 0 Å². The standard InChI is InChI=1S/C43H77NO2/c1-4-6-8-10-12-14-16-18-20-22-24-26-28-30-32-34-38-43(45-41-35-39-44(3)40-36-42(41)46-43)37-33-31-29-27-25-23-21-19-17-15-13-11-9-7-5-2/h11-14,17-20,41-42H,4-10,15-16,21-40H2,1-3H3/b13-11-,14-12-,19-17-,20-18-/t41-,42+,43?. The Bertz CT molecular complexity index is 783. The molecular weight excluding hydrogens is 562 g/mol. The molecule has 46 heavy (non-hydrogen) atoms. The van der Waals surface area contributed by atoms with E-state index in [0.29, 0.717) is 12.2 Å². The molecule has 3 heteroatoms. The summed E-state index contributed by atoms with van der Waals surface area (Å²) in [6.45, 7) is 6.80. The van der Waals surface area contributed by atoms with Gasteiger partial charge in [-0.25, -0.2) is 0 Å². The van der Waals surface area contributed by atoms with E-state index < -0.39 is 0 Å². The number of ether oxygens (including phenoxy) is 2. The maximum atomic E-state index is 6.85. The van der Waals surface area contributed by atoms with Crippen LogP contribution >= 0.6 is 0 Å². The molecule has 0 aromatic carbocycles. The molecule has 2 fully saturated rings. The summed E-state index contributed by atoms with van der Waals surface area (Å²) in [6.07, 6.45) is 53.5. The van der Waals surface area contributed by atoms with Gasteiger partial charge in [-0.05, 0) is 90.5 Å². The van der Waals surface area contributed by atoms with Gasteiger partial charge >= 0.3 is 0 Å². The molecular formula is C43H77NO2. The first-order chi connectivity index (χ1) is 22.7. The summed E-state index contributed by atoms with van der Waals surface area (Å²) in [7, 11) is 2.24. The summed E-state index contributed by atoms with van der Waals surface area (Å²) in [5.41, 5.74) is 0. The van der Waals surface area contributed by atoms with Gasteiger partial charge in [-0.15, -0.1) is 0 Å². The SMILES string of the molecule is CCCC/C=C\C/C=C\CCCCCCCCC1(CCCCCCCC/C=C\C/C=C\CCCCC)O[C@H]2CCN(C)CC[C@H]2O1. The molecule has 0 N–H and O–H groups in total. The van der Waals surface area contributed by atoms with Gasteiger partial charge in [-0.3, -0.25) is 0 Å². The number of rotatable bonds is 29. The minimum Gasteiger partial charge on any atom is -0.344 e. The Hall–Kier alpha value is -1.16. The fourth-order valence-electron chi connectivity index (χ4n) is 6.96. The van der Waals surface area contributed by atoms with E-state index in [4.69, 9.17) is 9.47 Å². The van der Waals surface area contributed by atoms with Crippen molar-refractivity contribution in [3.63, 3.8) is 0 Å².